The standard InChI is InChI=1S/C25H42O3/c1-3-4-5-6-7-8-10-16-21-25(27,23-18-13-12-14-19-23)22-17-11-9-15-20-24(26)28-2/h12-14,18-19,27H,3-11,15-17,20-22H2,1-2H3. The van der Waals surface area contributed by atoms with Crippen LogP contribution in [0.3, 0.4) is 0 Å². The number of carbonyl (C=O) groups excluding carboxylic acids is 1. The summed E-state index contributed by atoms with van der Waals surface area (Å²) >= 11 is 0. The maximum atomic E-state index is 11.4. The molecule has 1 aromatic carbocycles. The molecule has 0 amide bonds. The van der Waals surface area contributed by atoms with Crippen molar-refractivity contribution in [3.63, 3.8) is 0 Å². The van der Waals surface area contributed by atoms with Crippen LogP contribution in [0.25, 0.3) is 0 Å². The van der Waals surface area contributed by atoms with Crippen molar-refractivity contribution in [2.75, 3.05) is 7.11 Å². The van der Waals surface area contributed by atoms with E-state index in [4.69, 9.17) is 0 Å². The Morgan fingerprint density at radius 2 is 1.32 bits per heavy atom. The summed E-state index contributed by atoms with van der Waals surface area (Å²) in [5, 5.41) is 11.4. The summed E-state index contributed by atoms with van der Waals surface area (Å²) in [6.07, 6.45) is 16.3. The first-order chi connectivity index (χ1) is 13.6. The van der Waals surface area contributed by atoms with Gasteiger partial charge in [0.25, 0.3) is 0 Å². The highest BCUT2D eigenvalue weighted by molar-refractivity contribution is 5.68. The Labute approximate surface area is 172 Å². The predicted molar refractivity (Wildman–Crippen MR) is 117 cm³/mol. The normalized spacial score (nSPS) is 13.2. The quantitative estimate of drug-likeness (QED) is 0.232. The first-order valence-corrected chi connectivity index (χ1v) is 11.5. The minimum atomic E-state index is -0.716. The minimum absolute atomic E-state index is 0.129. The minimum Gasteiger partial charge on any atom is -0.469 e. The van der Waals surface area contributed by atoms with Gasteiger partial charge in [0.2, 0.25) is 0 Å². The number of aliphatic hydroxyl groups is 1. The van der Waals surface area contributed by atoms with Crippen molar-refractivity contribution in [2.45, 2.75) is 109 Å². The van der Waals surface area contributed by atoms with E-state index in [1.165, 1.54) is 52.1 Å². The third-order valence-corrected chi connectivity index (χ3v) is 5.70. The molecule has 28 heavy (non-hydrogen) atoms. The van der Waals surface area contributed by atoms with E-state index in [2.05, 4.69) is 23.8 Å². The summed E-state index contributed by atoms with van der Waals surface area (Å²) in [6, 6.07) is 10.2. The molecule has 0 aliphatic rings. The number of methoxy groups -OCH3 is 1. The van der Waals surface area contributed by atoms with Gasteiger partial charge in [-0.15, -0.1) is 0 Å². The van der Waals surface area contributed by atoms with Gasteiger partial charge in [0.1, 0.15) is 0 Å². The van der Waals surface area contributed by atoms with Crippen molar-refractivity contribution >= 4 is 5.97 Å². The molecule has 0 radical (unpaired) electrons. The Kier molecular flexibility index (Phi) is 13.7. The molecule has 0 fully saturated rings. The van der Waals surface area contributed by atoms with Crippen LogP contribution in [0.15, 0.2) is 30.3 Å². The fourth-order valence-electron chi connectivity index (χ4n) is 3.86. The molecule has 0 spiro atoms. The van der Waals surface area contributed by atoms with Crippen molar-refractivity contribution in [3.05, 3.63) is 35.9 Å². The van der Waals surface area contributed by atoms with Crippen LogP contribution in [-0.2, 0) is 15.1 Å². The Bertz CT molecular complexity index is 500. The van der Waals surface area contributed by atoms with Crippen LogP contribution < -0.4 is 0 Å². The van der Waals surface area contributed by atoms with Gasteiger partial charge < -0.3 is 9.84 Å². The van der Waals surface area contributed by atoms with Crippen molar-refractivity contribution in [3.8, 4) is 0 Å². The maximum Gasteiger partial charge on any atom is 0.305 e. The van der Waals surface area contributed by atoms with Gasteiger partial charge >= 0.3 is 5.97 Å². The molecule has 3 heteroatoms. The van der Waals surface area contributed by atoms with Crippen molar-refractivity contribution in [1.82, 2.24) is 0 Å². The lowest BCUT2D eigenvalue weighted by atomic mass is 9.83. The van der Waals surface area contributed by atoms with Crippen molar-refractivity contribution in [2.24, 2.45) is 0 Å². The van der Waals surface area contributed by atoms with Crippen molar-refractivity contribution in [1.29, 1.82) is 0 Å². The fraction of sp³-hybridized carbons (Fsp3) is 0.720. The highest BCUT2D eigenvalue weighted by Crippen LogP contribution is 2.33. The molecule has 3 nitrogen and oxygen atoms in total. The van der Waals surface area contributed by atoms with Gasteiger partial charge in [-0.1, -0.05) is 108 Å². The average molecular weight is 391 g/mol. The van der Waals surface area contributed by atoms with Gasteiger partial charge in [0, 0.05) is 6.42 Å². The smallest absolute Gasteiger partial charge is 0.305 e. The first kappa shape index (κ1) is 24.7. The molecule has 0 bridgehead atoms. The topological polar surface area (TPSA) is 46.5 Å². The summed E-state index contributed by atoms with van der Waals surface area (Å²) in [4.78, 5) is 11.2. The van der Waals surface area contributed by atoms with Gasteiger partial charge in [0.05, 0.1) is 12.7 Å². The molecular formula is C25H42O3. The number of ether oxygens (including phenoxy) is 1. The van der Waals surface area contributed by atoms with Crippen LogP contribution in [0.1, 0.15) is 109 Å². The largest absolute Gasteiger partial charge is 0.469 e. The summed E-state index contributed by atoms with van der Waals surface area (Å²) in [5.41, 5.74) is 0.332. The number of benzene rings is 1. The number of hydrogen-bond donors (Lipinski definition) is 1. The molecule has 0 aliphatic carbocycles. The van der Waals surface area contributed by atoms with E-state index >= 15 is 0 Å². The molecule has 0 saturated carbocycles. The summed E-state index contributed by atoms with van der Waals surface area (Å²) in [6.45, 7) is 2.25. The van der Waals surface area contributed by atoms with E-state index < -0.39 is 5.60 Å². The maximum absolute atomic E-state index is 11.4. The summed E-state index contributed by atoms with van der Waals surface area (Å²) in [5.74, 6) is -0.129. The van der Waals surface area contributed by atoms with Crippen LogP contribution in [0, 0.1) is 0 Å². The molecule has 0 aliphatic heterocycles. The van der Waals surface area contributed by atoms with Gasteiger partial charge in [0.15, 0.2) is 0 Å². The second kappa shape index (κ2) is 15.6. The monoisotopic (exact) mass is 390 g/mol. The lowest BCUT2D eigenvalue weighted by Gasteiger charge is -2.29. The van der Waals surface area contributed by atoms with E-state index in [0.29, 0.717) is 6.42 Å². The molecule has 0 saturated heterocycles. The highest BCUT2D eigenvalue weighted by atomic mass is 16.5. The molecule has 0 heterocycles. The van der Waals surface area contributed by atoms with E-state index in [9.17, 15) is 9.90 Å². The van der Waals surface area contributed by atoms with Gasteiger partial charge in [-0.05, 0) is 24.8 Å². The summed E-state index contributed by atoms with van der Waals surface area (Å²) in [7, 11) is 1.44. The molecule has 0 aromatic heterocycles. The molecule has 160 valence electrons. The third-order valence-electron chi connectivity index (χ3n) is 5.70. The Morgan fingerprint density at radius 3 is 1.86 bits per heavy atom. The number of rotatable bonds is 17. The first-order valence-electron chi connectivity index (χ1n) is 11.5. The zero-order valence-electron chi connectivity index (χ0n) is 18.3. The van der Waals surface area contributed by atoms with E-state index in [-0.39, 0.29) is 5.97 Å². The fourth-order valence-corrected chi connectivity index (χ4v) is 3.86. The zero-order chi connectivity index (χ0) is 20.5. The number of hydrogen-bond acceptors (Lipinski definition) is 3. The van der Waals surface area contributed by atoms with Gasteiger partial charge in [-0.25, -0.2) is 0 Å². The molecule has 1 aromatic rings. The third kappa shape index (κ3) is 10.8. The Morgan fingerprint density at radius 1 is 0.821 bits per heavy atom. The Hall–Kier alpha value is -1.35. The lowest BCUT2D eigenvalue weighted by Crippen LogP contribution is -2.25. The van der Waals surface area contributed by atoms with E-state index in [0.717, 1.165) is 50.5 Å². The van der Waals surface area contributed by atoms with Gasteiger partial charge in [-0.3, -0.25) is 4.79 Å². The van der Waals surface area contributed by atoms with Crippen molar-refractivity contribution < 1.29 is 14.6 Å². The molecule has 1 N–H and O–H groups in total. The SMILES string of the molecule is CCCCCCCCCCC(O)(CCCCCCC(=O)OC)c1ccccc1. The van der Waals surface area contributed by atoms with E-state index in [1.807, 2.05) is 18.2 Å². The molecule has 1 atom stereocenters. The van der Waals surface area contributed by atoms with Crippen LogP contribution in [-0.4, -0.2) is 18.2 Å². The molecular weight excluding hydrogens is 348 g/mol. The van der Waals surface area contributed by atoms with Crippen LogP contribution in [0.2, 0.25) is 0 Å². The number of esters is 1. The van der Waals surface area contributed by atoms with Crippen LogP contribution >= 0.6 is 0 Å². The number of unbranched alkanes of at least 4 members (excludes halogenated alkanes) is 10. The Balaban J connectivity index is 2.34. The molecule has 1 unspecified atom stereocenters. The highest BCUT2D eigenvalue weighted by Gasteiger charge is 2.27. The summed E-state index contributed by atoms with van der Waals surface area (Å²) < 4.78 is 4.68. The molecule has 1 rings (SSSR count). The average Bonchev–Trinajstić information content (AvgIpc) is 2.73. The second-order valence-electron chi connectivity index (χ2n) is 8.11. The second-order valence-corrected chi connectivity index (χ2v) is 8.11. The van der Waals surface area contributed by atoms with Gasteiger partial charge in [-0.2, -0.15) is 0 Å². The zero-order valence-corrected chi connectivity index (χ0v) is 18.3. The lowest BCUT2D eigenvalue weighted by molar-refractivity contribution is -0.140. The predicted octanol–water partition coefficient (Wildman–Crippen LogP) is 6.92. The van der Waals surface area contributed by atoms with Crippen LogP contribution in [0.5, 0.6) is 0 Å². The van der Waals surface area contributed by atoms with E-state index in [1.54, 1.807) is 0 Å². The van der Waals surface area contributed by atoms with Crippen LogP contribution in [0.4, 0.5) is 0 Å². The number of carbonyl (C=O) groups is 1.